The summed E-state index contributed by atoms with van der Waals surface area (Å²) < 4.78 is 4.56. The molecule has 0 radical (unpaired) electrons. The molecule has 0 aliphatic carbocycles. The van der Waals surface area contributed by atoms with Crippen molar-refractivity contribution in [1.82, 2.24) is 0 Å². The number of nitrogens with zero attached hydrogens (tertiary/aromatic N) is 1. The Hall–Kier alpha value is -1.47. The molecule has 0 atom stereocenters. The predicted octanol–water partition coefficient (Wildman–Crippen LogP) is 1.94. The van der Waals surface area contributed by atoms with Crippen molar-refractivity contribution >= 4 is 18.6 Å². The molecule has 0 aliphatic rings. The lowest BCUT2D eigenvalue weighted by atomic mass is 10.1. The number of hydrogen-bond donors (Lipinski definition) is 1. The molecule has 0 saturated carbocycles. The second-order valence-electron chi connectivity index (χ2n) is 2.79. The highest BCUT2D eigenvalue weighted by Crippen LogP contribution is 2.20. The molecule has 1 aromatic carbocycles. The molecule has 3 nitrogen and oxygen atoms in total. The van der Waals surface area contributed by atoms with E-state index in [0.29, 0.717) is 16.0 Å². The first-order chi connectivity index (χ1) is 6.60. The Kier molecular flexibility index (Phi) is 3.15. The van der Waals surface area contributed by atoms with E-state index in [-0.39, 0.29) is 0 Å². The number of ether oxygens (including phenoxy) is 1. The van der Waals surface area contributed by atoms with Gasteiger partial charge in [-0.25, -0.2) is 4.79 Å². The molecule has 0 aromatic heterocycles. The molecule has 0 saturated heterocycles. The van der Waals surface area contributed by atoms with Crippen LogP contribution in [0.1, 0.15) is 21.5 Å². The van der Waals surface area contributed by atoms with E-state index in [1.165, 1.54) is 13.2 Å². The van der Waals surface area contributed by atoms with Gasteiger partial charge in [-0.1, -0.05) is 0 Å². The third-order valence-corrected chi connectivity index (χ3v) is 2.20. The van der Waals surface area contributed by atoms with Gasteiger partial charge in [-0.3, -0.25) is 0 Å². The second-order valence-corrected chi connectivity index (χ2v) is 3.27. The van der Waals surface area contributed by atoms with Crippen LogP contribution in [0, 0.1) is 18.3 Å². The number of carbonyl (C=O) groups is 1. The van der Waals surface area contributed by atoms with Gasteiger partial charge < -0.3 is 4.74 Å². The van der Waals surface area contributed by atoms with E-state index in [4.69, 9.17) is 5.26 Å². The lowest BCUT2D eigenvalue weighted by Gasteiger charge is -2.04. The minimum Gasteiger partial charge on any atom is -0.465 e. The maximum Gasteiger partial charge on any atom is 0.337 e. The van der Waals surface area contributed by atoms with E-state index in [1.807, 2.05) is 6.07 Å². The van der Waals surface area contributed by atoms with Crippen LogP contribution in [0.25, 0.3) is 0 Å². The summed E-state index contributed by atoms with van der Waals surface area (Å²) in [5.74, 6) is -0.423. The SMILES string of the molecule is COC(=O)c1cc(C)c(C#N)c(S)c1. The van der Waals surface area contributed by atoms with Gasteiger partial charge in [0, 0.05) is 4.90 Å². The third-order valence-electron chi connectivity index (χ3n) is 1.85. The molecular formula is C10H9NO2S. The molecule has 1 rings (SSSR count). The molecule has 0 amide bonds. The van der Waals surface area contributed by atoms with Crippen molar-refractivity contribution in [2.24, 2.45) is 0 Å². The van der Waals surface area contributed by atoms with E-state index in [1.54, 1.807) is 13.0 Å². The molecule has 72 valence electrons. The van der Waals surface area contributed by atoms with Crippen LogP contribution in [0.5, 0.6) is 0 Å². The minimum atomic E-state index is -0.423. The van der Waals surface area contributed by atoms with E-state index in [9.17, 15) is 4.79 Å². The molecule has 1 aromatic rings. The van der Waals surface area contributed by atoms with E-state index in [2.05, 4.69) is 17.4 Å². The molecule has 14 heavy (non-hydrogen) atoms. The number of benzene rings is 1. The maximum absolute atomic E-state index is 11.2. The van der Waals surface area contributed by atoms with Crippen molar-refractivity contribution in [1.29, 1.82) is 5.26 Å². The van der Waals surface area contributed by atoms with Crippen LogP contribution in [0.15, 0.2) is 17.0 Å². The summed E-state index contributed by atoms with van der Waals surface area (Å²) in [6, 6.07) is 5.16. The molecule has 0 unspecified atom stereocenters. The zero-order chi connectivity index (χ0) is 10.7. The van der Waals surface area contributed by atoms with Gasteiger partial charge in [0.15, 0.2) is 0 Å². The highest BCUT2D eigenvalue weighted by Gasteiger charge is 2.10. The molecule has 0 spiro atoms. The smallest absolute Gasteiger partial charge is 0.337 e. The van der Waals surface area contributed by atoms with Gasteiger partial charge in [-0.15, -0.1) is 12.6 Å². The minimum absolute atomic E-state index is 0.411. The van der Waals surface area contributed by atoms with Crippen LogP contribution in [0.2, 0.25) is 0 Å². The van der Waals surface area contributed by atoms with Gasteiger partial charge in [0.25, 0.3) is 0 Å². The summed E-state index contributed by atoms with van der Waals surface area (Å²) in [5.41, 5.74) is 1.62. The zero-order valence-corrected chi connectivity index (χ0v) is 8.76. The van der Waals surface area contributed by atoms with Crippen molar-refractivity contribution in [2.45, 2.75) is 11.8 Å². The van der Waals surface area contributed by atoms with Crippen LogP contribution in [0.3, 0.4) is 0 Å². The van der Waals surface area contributed by atoms with Crippen molar-refractivity contribution in [3.05, 3.63) is 28.8 Å². The second kappa shape index (κ2) is 4.16. The quantitative estimate of drug-likeness (QED) is 0.565. The van der Waals surface area contributed by atoms with Crippen molar-refractivity contribution in [2.75, 3.05) is 7.11 Å². The van der Waals surface area contributed by atoms with Crippen molar-refractivity contribution in [3.63, 3.8) is 0 Å². The van der Waals surface area contributed by atoms with Gasteiger partial charge in [0.05, 0.1) is 18.2 Å². The van der Waals surface area contributed by atoms with Crippen LogP contribution >= 0.6 is 12.6 Å². The number of hydrogen-bond acceptors (Lipinski definition) is 4. The van der Waals surface area contributed by atoms with Gasteiger partial charge in [-0.05, 0) is 24.6 Å². The summed E-state index contributed by atoms with van der Waals surface area (Å²) in [4.78, 5) is 11.7. The predicted molar refractivity (Wildman–Crippen MR) is 54.5 cm³/mol. The molecule has 0 bridgehead atoms. The third kappa shape index (κ3) is 1.88. The fourth-order valence-electron chi connectivity index (χ4n) is 1.15. The Bertz CT molecular complexity index is 398. The highest BCUT2D eigenvalue weighted by molar-refractivity contribution is 7.80. The molecular weight excluding hydrogens is 198 g/mol. The Morgan fingerprint density at radius 2 is 2.21 bits per heavy atom. The number of methoxy groups -OCH3 is 1. The van der Waals surface area contributed by atoms with Gasteiger partial charge in [0.2, 0.25) is 0 Å². The number of carbonyl (C=O) groups excluding carboxylic acids is 1. The molecule has 0 fully saturated rings. The Balaban J connectivity index is 3.29. The summed E-state index contributed by atoms with van der Waals surface area (Å²) in [6.45, 7) is 1.75. The van der Waals surface area contributed by atoms with Gasteiger partial charge in [-0.2, -0.15) is 5.26 Å². The van der Waals surface area contributed by atoms with Crippen molar-refractivity contribution < 1.29 is 9.53 Å². The summed E-state index contributed by atoms with van der Waals surface area (Å²) in [6.07, 6.45) is 0. The first-order valence-electron chi connectivity index (χ1n) is 3.92. The Morgan fingerprint density at radius 3 is 2.64 bits per heavy atom. The van der Waals surface area contributed by atoms with E-state index in [0.717, 1.165) is 5.56 Å². The number of nitriles is 1. The summed E-state index contributed by atoms with van der Waals surface area (Å²) in [5, 5.41) is 8.77. The van der Waals surface area contributed by atoms with Crippen LogP contribution in [0.4, 0.5) is 0 Å². The first kappa shape index (κ1) is 10.6. The average molecular weight is 207 g/mol. The summed E-state index contributed by atoms with van der Waals surface area (Å²) in [7, 11) is 1.31. The standard InChI is InChI=1S/C10H9NO2S/c1-6-3-7(10(12)13-2)4-9(14)8(6)5-11/h3-4,14H,1-2H3. The van der Waals surface area contributed by atoms with Gasteiger partial charge in [0.1, 0.15) is 6.07 Å². The topological polar surface area (TPSA) is 50.1 Å². The molecule has 0 N–H and O–H groups in total. The maximum atomic E-state index is 11.2. The normalized spacial score (nSPS) is 9.29. The monoisotopic (exact) mass is 207 g/mol. The van der Waals surface area contributed by atoms with Crippen LogP contribution in [-0.2, 0) is 4.74 Å². The lowest BCUT2D eigenvalue weighted by molar-refractivity contribution is 0.0600. The van der Waals surface area contributed by atoms with Crippen molar-refractivity contribution in [3.8, 4) is 6.07 Å². The number of esters is 1. The van der Waals surface area contributed by atoms with Gasteiger partial charge >= 0.3 is 5.97 Å². The number of thiol groups is 1. The summed E-state index contributed by atoms with van der Waals surface area (Å²) >= 11 is 4.12. The fourth-order valence-corrected chi connectivity index (χ4v) is 1.52. The Morgan fingerprint density at radius 1 is 1.57 bits per heavy atom. The fraction of sp³-hybridized carbons (Fsp3) is 0.200. The largest absolute Gasteiger partial charge is 0.465 e. The van der Waals surface area contributed by atoms with E-state index >= 15 is 0 Å². The lowest BCUT2D eigenvalue weighted by Crippen LogP contribution is -2.02. The van der Waals surface area contributed by atoms with E-state index < -0.39 is 5.97 Å². The highest BCUT2D eigenvalue weighted by atomic mass is 32.1. The van der Waals surface area contributed by atoms with Crippen LogP contribution < -0.4 is 0 Å². The molecule has 0 heterocycles. The molecule has 0 aliphatic heterocycles. The molecule has 4 heteroatoms. The number of aryl methyl sites for hydroxylation is 1. The average Bonchev–Trinajstić information content (AvgIpc) is 2.16. The Labute approximate surface area is 87.7 Å². The number of rotatable bonds is 1. The van der Waals surface area contributed by atoms with Crippen LogP contribution in [-0.4, -0.2) is 13.1 Å². The first-order valence-corrected chi connectivity index (χ1v) is 4.37. The zero-order valence-electron chi connectivity index (χ0n) is 7.87.